The molecule has 1 amide bonds. The number of nitro benzene ring substituents is 1. The summed E-state index contributed by atoms with van der Waals surface area (Å²) < 4.78 is 0.635. The third-order valence-corrected chi connectivity index (χ3v) is 3.81. The molecule has 2 N–H and O–H groups in total. The first-order valence-corrected chi connectivity index (χ1v) is 7.27. The number of hydrogen-bond donors (Lipinski definition) is 2. The molecule has 0 aliphatic rings. The van der Waals surface area contributed by atoms with E-state index in [1.54, 1.807) is 6.07 Å². The van der Waals surface area contributed by atoms with E-state index in [-0.39, 0.29) is 17.2 Å². The lowest BCUT2D eigenvalue weighted by molar-refractivity contribution is -0.384. The van der Waals surface area contributed by atoms with Crippen molar-refractivity contribution in [1.29, 1.82) is 0 Å². The molecule has 7 nitrogen and oxygen atoms in total. The lowest BCUT2D eigenvalue weighted by atomic mass is 10.1. The summed E-state index contributed by atoms with van der Waals surface area (Å²) in [6.07, 6.45) is 0. The molecule has 0 saturated heterocycles. The van der Waals surface area contributed by atoms with Gasteiger partial charge < -0.3 is 5.32 Å². The van der Waals surface area contributed by atoms with Crippen LogP contribution in [0.5, 0.6) is 0 Å². The van der Waals surface area contributed by atoms with E-state index in [9.17, 15) is 14.9 Å². The number of aromatic amines is 1. The number of nitrogens with one attached hydrogen (secondary N) is 2. The summed E-state index contributed by atoms with van der Waals surface area (Å²) in [5, 5.41) is 20.2. The average Bonchev–Trinajstić information content (AvgIpc) is 2.87. The van der Waals surface area contributed by atoms with Gasteiger partial charge in [0, 0.05) is 27.5 Å². The second-order valence-corrected chi connectivity index (χ2v) is 5.90. The maximum atomic E-state index is 12.2. The fourth-order valence-electron chi connectivity index (χ4n) is 1.68. The fraction of sp³-hybridized carbons (Fsp3) is 0.231. The molecule has 0 unspecified atom stereocenters. The van der Waals surface area contributed by atoms with Crippen LogP contribution in [0.4, 0.5) is 11.5 Å². The minimum atomic E-state index is -0.529. The summed E-state index contributed by atoms with van der Waals surface area (Å²) in [6.45, 7) is 4.01. The highest BCUT2D eigenvalue weighted by Gasteiger charge is 2.16. The van der Waals surface area contributed by atoms with Gasteiger partial charge in [0.1, 0.15) is 0 Å². The van der Waals surface area contributed by atoms with Crippen LogP contribution in [0, 0.1) is 13.7 Å². The predicted molar refractivity (Wildman–Crippen MR) is 86.4 cm³/mol. The largest absolute Gasteiger partial charge is 0.305 e. The van der Waals surface area contributed by atoms with E-state index in [1.807, 2.05) is 36.4 Å². The number of hydrogen-bond acceptors (Lipinski definition) is 4. The maximum Gasteiger partial charge on any atom is 0.270 e. The molecule has 2 aromatic rings. The molecule has 1 aromatic carbocycles. The Hall–Kier alpha value is -1.97. The number of nitrogens with zero attached hydrogens (tertiary/aromatic N) is 2. The van der Waals surface area contributed by atoms with E-state index in [1.165, 1.54) is 18.2 Å². The minimum Gasteiger partial charge on any atom is -0.305 e. The van der Waals surface area contributed by atoms with E-state index in [0.29, 0.717) is 9.39 Å². The topological polar surface area (TPSA) is 101 Å². The number of non-ortho nitro benzene ring substituents is 1. The first-order valence-electron chi connectivity index (χ1n) is 6.19. The van der Waals surface area contributed by atoms with Crippen molar-refractivity contribution < 1.29 is 9.72 Å². The number of rotatable bonds is 4. The zero-order valence-electron chi connectivity index (χ0n) is 11.4. The van der Waals surface area contributed by atoms with Crippen LogP contribution in [0.1, 0.15) is 35.8 Å². The number of carbonyl (C=O) groups excluding carboxylic acids is 1. The van der Waals surface area contributed by atoms with Gasteiger partial charge in [-0.1, -0.05) is 13.8 Å². The molecule has 0 aliphatic carbocycles. The van der Waals surface area contributed by atoms with E-state index in [4.69, 9.17) is 0 Å². The van der Waals surface area contributed by atoms with Gasteiger partial charge >= 0.3 is 0 Å². The van der Waals surface area contributed by atoms with Crippen LogP contribution >= 0.6 is 22.6 Å². The summed E-state index contributed by atoms with van der Waals surface area (Å²) in [5.74, 6) is 0.233. The predicted octanol–water partition coefficient (Wildman–Crippen LogP) is 3.30. The Labute approximate surface area is 134 Å². The SMILES string of the molecule is CC(C)c1cc(NC(=O)c2cc([N+](=O)[O-])ccc2I)n[nH]1. The van der Waals surface area contributed by atoms with Gasteiger partial charge in [0.05, 0.1) is 10.5 Å². The van der Waals surface area contributed by atoms with Crippen molar-refractivity contribution in [3.05, 3.63) is 49.2 Å². The van der Waals surface area contributed by atoms with E-state index in [2.05, 4.69) is 15.5 Å². The van der Waals surface area contributed by atoms with Crippen molar-refractivity contribution >= 4 is 40.0 Å². The lowest BCUT2D eigenvalue weighted by Gasteiger charge is -2.04. The van der Waals surface area contributed by atoms with Crippen LogP contribution in [0.3, 0.4) is 0 Å². The van der Waals surface area contributed by atoms with Crippen molar-refractivity contribution in [2.45, 2.75) is 19.8 Å². The van der Waals surface area contributed by atoms with Gasteiger partial charge in [-0.25, -0.2) is 0 Å². The molecule has 0 atom stereocenters. The summed E-state index contributed by atoms with van der Waals surface area (Å²) in [4.78, 5) is 22.4. The maximum absolute atomic E-state index is 12.2. The quantitative estimate of drug-likeness (QED) is 0.467. The molecule has 2 rings (SSSR count). The molecule has 0 fully saturated rings. The molecule has 0 spiro atoms. The molecule has 0 saturated carbocycles. The highest BCUT2D eigenvalue weighted by molar-refractivity contribution is 14.1. The highest BCUT2D eigenvalue weighted by atomic mass is 127. The molecular formula is C13H13IN4O3. The lowest BCUT2D eigenvalue weighted by Crippen LogP contribution is -2.14. The van der Waals surface area contributed by atoms with E-state index in [0.717, 1.165) is 5.69 Å². The van der Waals surface area contributed by atoms with Crippen LogP contribution in [-0.4, -0.2) is 21.0 Å². The zero-order valence-corrected chi connectivity index (χ0v) is 13.5. The third kappa shape index (κ3) is 3.57. The van der Waals surface area contributed by atoms with Crippen LogP contribution in [0.15, 0.2) is 24.3 Å². The van der Waals surface area contributed by atoms with E-state index >= 15 is 0 Å². The Bertz CT molecular complexity index is 696. The number of carbonyl (C=O) groups is 1. The Balaban J connectivity index is 2.23. The first kappa shape index (κ1) is 15.4. The fourth-order valence-corrected chi connectivity index (χ4v) is 2.26. The zero-order chi connectivity index (χ0) is 15.6. The molecule has 21 heavy (non-hydrogen) atoms. The Kier molecular flexibility index (Phi) is 4.56. The second-order valence-electron chi connectivity index (χ2n) is 4.74. The van der Waals surface area contributed by atoms with E-state index < -0.39 is 10.8 Å². The monoisotopic (exact) mass is 400 g/mol. The van der Waals surface area contributed by atoms with Crippen molar-refractivity contribution in [3.63, 3.8) is 0 Å². The molecule has 1 aromatic heterocycles. The Morgan fingerprint density at radius 1 is 1.43 bits per heavy atom. The number of H-pyrrole nitrogens is 1. The Morgan fingerprint density at radius 3 is 2.71 bits per heavy atom. The van der Waals surface area contributed by atoms with Gasteiger partial charge in [0.25, 0.3) is 11.6 Å². The average molecular weight is 400 g/mol. The number of nitro groups is 1. The standard InChI is InChI=1S/C13H13IN4O3/c1-7(2)11-6-12(17-16-11)15-13(19)9-5-8(18(20)21)3-4-10(9)14/h3-7H,1-2H3,(H2,15,16,17,19). The van der Waals surface area contributed by atoms with Gasteiger partial charge in [-0.05, 0) is 34.6 Å². The summed E-state index contributed by atoms with van der Waals surface area (Å²) >= 11 is 1.96. The van der Waals surface area contributed by atoms with Gasteiger partial charge in [-0.2, -0.15) is 5.10 Å². The van der Waals surface area contributed by atoms with Gasteiger partial charge in [0.15, 0.2) is 5.82 Å². The number of benzene rings is 1. The van der Waals surface area contributed by atoms with Crippen LogP contribution in [0.2, 0.25) is 0 Å². The summed E-state index contributed by atoms with van der Waals surface area (Å²) in [7, 11) is 0. The van der Waals surface area contributed by atoms with Crippen LogP contribution in [-0.2, 0) is 0 Å². The van der Waals surface area contributed by atoms with Crippen molar-refractivity contribution in [2.24, 2.45) is 0 Å². The van der Waals surface area contributed by atoms with Crippen molar-refractivity contribution in [3.8, 4) is 0 Å². The molecule has 1 heterocycles. The normalized spacial score (nSPS) is 10.7. The summed E-state index contributed by atoms with van der Waals surface area (Å²) in [6, 6.07) is 5.90. The molecule has 0 aliphatic heterocycles. The second kappa shape index (κ2) is 6.20. The third-order valence-electron chi connectivity index (χ3n) is 2.87. The van der Waals surface area contributed by atoms with Crippen LogP contribution < -0.4 is 5.32 Å². The molecule has 110 valence electrons. The van der Waals surface area contributed by atoms with Crippen molar-refractivity contribution in [2.75, 3.05) is 5.32 Å². The van der Waals surface area contributed by atoms with Crippen LogP contribution in [0.25, 0.3) is 0 Å². The van der Waals surface area contributed by atoms with Gasteiger partial charge in [0.2, 0.25) is 0 Å². The molecular weight excluding hydrogens is 387 g/mol. The number of anilines is 1. The highest BCUT2D eigenvalue weighted by Crippen LogP contribution is 2.21. The number of amides is 1. The first-order chi connectivity index (χ1) is 9.88. The smallest absolute Gasteiger partial charge is 0.270 e. The minimum absolute atomic E-state index is 0.120. The Morgan fingerprint density at radius 2 is 2.14 bits per heavy atom. The molecule has 0 radical (unpaired) electrons. The van der Waals surface area contributed by atoms with Crippen molar-refractivity contribution in [1.82, 2.24) is 10.2 Å². The summed E-state index contributed by atoms with van der Waals surface area (Å²) in [5.41, 5.74) is 1.03. The number of halogens is 1. The number of aromatic nitrogens is 2. The van der Waals surface area contributed by atoms with Gasteiger partial charge in [-0.3, -0.25) is 20.0 Å². The molecule has 0 bridgehead atoms. The van der Waals surface area contributed by atoms with Gasteiger partial charge in [-0.15, -0.1) is 0 Å². The molecule has 8 heteroatoms.